The number of aryl methyl sites for hydroxylation is 1. The summed E-state index contributed by atoms with van der Waals surface area (Å²) in [5.41, 5.74) is 2.57. The molecule has 0 saturated carbocycles. The van der Waals surface area contributed by atoms with Crippen LogP contribution in [-0.2, 0) is 18.4 Å². The fraction of sp³-hybridized carbons (Fsp3) is 0.300. The van der Waals surface area contributed by atoms with Crippen molar-refractivity contribution in [1.29, 1.82) is 0 Å². The lowest BCUT2D eigenvalue weighted by Gasteiger charge is -2.17. The molecule has 0 unspecified atom stereocenters. The molecule has 4 rings (SSSR count). The summed E-state index contributed by atoms with van der Waals surface area (Å²) in [6.07, 6.45) is -1.88. The molecule has 1 aliphatic heterocycles. The summed E-state index contributed by atoms with van der Waals surface area (Å²) in [6.45, 7) is 0.431. The van der Waals surface area contributed by atoms with Gasteiger partial charge in [0.2, 0.25) is 0 Å². The van der Waals surface area contributed by atoms with Gasteiger partial charge in [0.1, 0.15) is 24.7 Å². The second kappa shape index (κ2) is 7.36. The van der Waals surface area contributed by atoms with Crippen LogP contribution >= 0.6 is 0 Å². The number of aromatic nitrogens is 2. The standard InChI is InChI=1S/C20H21FN4O2/c1-24-17-10-6-5-9-16(17)23-19(24)13-27-18-12-25(11-15(18)21)20(26)22-14-7-3-2-4-8-14/h2-10,15,18H,11-13H2,1H3,(H,22,26)/t15-,18+/m1/s1. The van der Waals surface area contributed by atoms with Gasteiger partial charge >= 0.3 is 6.03 Å². The molecule has 2 atom stereocenters. The van der Waals surface area contributed by atoms with E-state index >= 15 is 0 Å². The van der Waals surface area contributed by atoms with Gasteiger partial charge in [0.25, 0.3) is 0 Å². The van der Waals surface area contributed by atoms with Gasteiger partial charge in [-0.2, -0.15) is 0 Å². The average molecular weight is 368 g/mol. The highest BCUT2D eigenvalue weighted by Crippen LogP contribution is 2.21. The lowest BCUT2D eigenvalue weighted by Crippen LogP contribution is -2.34. The van der Waals surface area contributed by atoms with Gasteiger partial charge in [0.05, 0.1) is 24.1 Å². The van der Waals surface area contributed by atoms with E-state index in [1.807, 2.05) is 54.1 Å². The number of likely N-dealkylation sites (tertiary alicyclic amines) is 1. The van der Waals surface area contributed by atoms with E-state index < -0.39 is 12.3 Å². The second-order valence-corrected chi connectivity index (χ2v) is 6.64. The summed E-state index contributed by atoms with van der Waals surface area (Å²) in [7, 11) is 1.91. The third kappa shape index (κ3) is 3.64. The summed E-state index contributed by atoms with van der Waals surface area (Å²) >= 11 is 0. The minimum absolute atomic E-state index is 0.0197. The van der Waals surface area contributed by atoms with Crippen LogP contribution < -0.4 is 5.32 Å². The van der Waals surface area contributed by atoms with Gasteiger partial charge in [0.15, 0.2) is 0 Å². The number of hydrogen-bond donors (Lipinski definition) is 1. The van der Waals surface area contributed by atoms with Crippen LogP contribution in [0.25, 0.3) is 11.0 Å². The molecular weight excluding hydrogens is 347 g/mol. The van der Waals surface area contributed by atoms with Crippen LogP contribution in [0, 0.1) is 0 Å². The first-order chi connectivity index (χ1) is 13.1. The van der Waals surface area contributed by atoms with Crippen molar-refractivity contribution in [2.75, 3.05) is 18.4 Å². The Morgan fingerprint density at radius 3 is 2.70 bits per heavy atom. The Bertz CT molecular complexity index is 944. The summed E-state index contributed by atoms with van der Waals surface area (Å²) in [4.78, 5) is 18.3. The number of imidazole rings is 1. The Morgan fingerprint density at radius 1 is 1.19 bits per heavy atom. The minimum Gasteiger partial charge on any atom is -0.365 e. The molecule has 6 nitrogen and oxygen atoms in total. The molecule has 0 spiro atoms. The Labute approximate surface area is 156 Å². The number of rotatable bonds is 4. The number of nitrogens with zero attached hydrogens (tertiary/aromatic N) is 3. The molecule has 3 aromatic rings. The average Bonchev–Trinajstić information content (AvgIpc) is 3.21. The molecule has 0 aliphatic carbocycles. The number of carbonyl (C=O) groups excluding carboxylic acids is 1. The van der Waals surface area contributed by atoms with E-state index in [2.05, 4.69) is 10.3 Å². The van der Waals surface area contributed by atoms with Crippen LogP contribution in [0.1, 0.15) is 5.82 Å². The molecule has 0 bridgehead atoms. The van der Waals surface area contributed by atoms with Crippen molar-refractivity contribution >= 4 is 22.8 Å². The van der Waals surface area contributed by atoms with Crippen LogP contribution in [0.4, 0.5) is 14.9 Å². The molecule has 2 heterocycles. The number of anilines is 1. The summed E-state index contributed by atoms with van der Waals surface area (Å²) in [5, 5.41) is 2.77. The van der Waals surface area contributed by atoms with E-state index in [1.54, 1.807) is 12.1 Å². The number of nitrogens with one attached hydrogen (secondary N) is 1. The first kappa shape index (κ1) is 17.5. The minimum atomic E-state index is -1.22. The molecule has 1 N–H and O–H groups in total. The van der Waals surface area contributed by atoms with E-state index in [0.717, 1.165) is 16.9 Å². The van der Waals surface area contributed by atoms with Crippen molar-refractivity contribution < 1.29 is 13.9 Å². The first-order valence-electron chi connectivity index (χ1n) is 8.89. The Balaban J connectivity index is 1.37. The van der Waals surface area contributed by atoms with E-state index in [9.17, 15) is 9.18 Å². The van der Waals surface area contributed by atoms with Gasteiger partial charge in [-0.1, -0.05) is 30.3 Å². The molecule has 1 fully saturated rings. The van der Waals surface area contributed by atoms with E-state index in [0.29, 0.717) is 5.69 Å². The Morgan fingerprint density at radius 2 is 1.93 bits per heavy atom. The number of hydrogen-bond acceptors (Lipinski definition) is 3. The number of para-hydroxylation sites is 3. The number of urea groups is 1. The molecule has 7 heteroatoms. The van der Waals surface area contributed by atoms with Gasteiger partial charge in [0, 0.05) is 12.7 Å². The van der Waals surface area contributed by atoms with Crippen molar-refractivity contribution in [3.8, 4) is 0 Å². The number of ether oxygens (including phenoxy) is 1. The molecule has 1 aromatic heterocycles. The molecule has 2 amide bonds. The third-order valence-corrected chi connectivity index (χ3v) is 4.82. The largest absolute Gasteiger partial charge is 0.365 e. The zero-order valence-corrected chi connectivity index (χ0v) is 15.0. The number of amides is 2. The van der Waals surface area contributed by atoms with Gasteiger partial charge in [-0.05, 0) is 24.3 Å². The SMILES string of the molecule is Cn1c(CO[C@H]2CN(C(=O)Nc3ccccc3)C[C@H]2F)nc2ccccc21. The molecule has 0 radical (unpaired) electrons. The number of fused-ring (bicyclic) bond motifs is 1. The van der Waals surface area contributed by atoms with Crippen LogP contribution in [0.3, 0.4) is 0 Å². The second-order valence-electron chi connectivity index (χ2n) is 6.64. The highest BCUT2D eigenvalue weighted by atomic mass is 19.1. The van der Waals surface area contributed by atoms with Gasteiger partial charge in [-0.15, -0.1) is 0 Å². The fourth-order valence-corrected chi connectivity index (χ4v) is 3.29. The third-order valence-electron chi connectivity index (χ3n) is 4.82. The van der Waals surface area contributed by atoms with Crippen molar-refractivity contribution in [3.63, 3.8) is 0 Å². The van der Waals surface area contributed by atoms with E-state index in [4.69, 9.17) is 4.74 Å². The topological polar surface area (TPSA) is 59.4 Å². The summed E-state index contributed by atoms with van der Waals surface area (Å²) < 4.78 is 22.1. The van der Waals surface area contributed by atoms with Crippen LogP contribution in [0.15, 0.2) is 54.6 Å². The highest BCUT2D eigenvalue weighted by molar-refractivity contribution is 5.89. The molecule has 2 aromatic carbocycles. The normalized spacial score (nSPS) is 19.6. The smallest absolute Gasteiger partial charge is 0.322 e. The predicted molar refractivity (Wildman–Crippen MR) is 101 cm³/mol. The zero-order valence-electron chi connectivity index (χ0n) is 15.0. The number of alkyl halides is 1. The monoisotopic (exact) mass is 368 g/mol. The predicted octanol–water partition coefficient (Wildman–Crippen LogP) is 3.34. The van der Waals surface area contributed by atoms with E-state index in [1.165, 1.54) is 4.90 Å². The fourth-order valence-electron chi connectivity index (χ4n) is 3.29. The summed E-state index contributed by atoms with van der Waals surface area (Å²) in [5.74, 6) is 0.732. The summed E-state index contributed by atoms with van der Waals surface area (Å²) in [6, 6.07) is 16.6. The molecular formula is C20H21FN4O2. The highest BCUT2D eigenvalue weighted by Gasteiger charge is 2.36. The lowest BCUT2D eigenvalue weighted by atomic mass is 10.3. The van der Waals surface area contributed by atoms with Crippen molar-refractivity contribution in [3.05, 3.63) is 60.4 Å². The van der Waals surface area contributed by atoms with Gasteiger partial charge in [-0.3, -0.25) is 0 Å². The van der Waals surface area contributed by atoms with Crippen LogP contribution in [0.2, 0.25) is 0 Å². The maximum absolute atomic E-state index is 14.4. The maximum Gasteiger partial charge on any atom is 0.322 e. The quantitative estimate of drug-likeness (QED) is 0.768. The zero-order chi connectivity index (χ0) is 18.8. The van der Waals surface area contributed by atoms with E-state index in [-0.39, 0.29) is 25.7 Å². The molecule has 1 saturated heterocycles. The van der Waals surface area contributed by atoms with Crippen molar-refractivity contribution in [2.24, 2.45) is 7.05 Å². The number of halogens is 1. The lowest BCUT2D eigenvalue weighted by molar-refractivity contribution is 0.00847. The first-order valence-corrected chi connectivity index (χ1v) is 8.89. The maximum atomic E-state index is 14.4. The van der Waals surface area contributed by atoms with Crippen molar-refractivity contribution in [1.82, 2.24) is 14.5 Å². The molecule has 27 heavy (non-hydrogen) atoms. The van der Waals surface area contributed by atoms with Crippen LogP contribution in [-0.4, -0.2) is 45.8 Å². The Kier molecular flexibility index (Phi) is 4.77. The van der Waals surface area contributed by atoms with Crippen LogP contribution in [0.5, 0.6) is 0 Å². The van der Waals surface area contributed by atoms with Crippen molar-refractivity contribution in [2.45, 2.75) is 18.9 Å². The molecule has 140 valence electrons. The van der Waals surface area contributed by atoms with Gasteiger partial charge in [-0.25, -0.2) is 14.2 Å². The molecule has 1 aliphatic rings. The Hall–Kier alpha value is -2.93. The number of carbonyl (C=O) groups is 1. The number of benzene rings is 2. The van der Waals surface area contributed by atoms with Gasteiger partial charge < -0.3 is 19.5 Å².